The molecule has 1 amide bonds. The Morgan fingerprint density at radius 1 is 1.07 bits per heavy atom. The predicted molar refractivity (Wildman–Crippen MR) is 105 cm³/mol. The van der Waals surface area contributed by atoms with Crippen LogP contribution in [0.25, 0.3) is 22.5 Å². The van der Waals surface area contributed by atoms with Gasteiger partial charge in [-0.15, -0.1) is 10.2 Å². The van der Waals surface area contributed by atoms with Gasteiger partial charge in [-0.3, -0.25) is 4.79 Å². The van der Waals surface area contributed by atoms with Crippen LogP contribution >= 0.6 is 0 Å². The molecule has 4 aromatic rings. The Hall–Kier alpha value is -3.54. The van der Waals surface area contributed by atoms with Crippen LogP contribution in [0.4, 0.5) is 0 Å². The van der Waals surface area contributed by atoms with Crippen LogP contribution < -0.4 is 0 Å². The van der Waals surface area contributed by atoms with Crippen molar-refractivity contribution in [1.82, 2.24) is 24.7 Å². The minimum Gasteiger partial charge on any atom is -0.335 e. The molecule has 0 radical (unpaired) electrons. The van der Waals surface area contributed by atoms with Gasteiger partial charge >= 0.3 is 0 Å². The number of benzene rings is 2. The molecule has 6 heteroatoms. The van der Waals surface area contributed by atoms with Gasteiger partial charge in [0.1, 0.15) is 0 Å². The van der Waals surface area contributed by atoms with Crippen LogP contribution in [0.3, 0.4) is 0 Å². The molecule has 0 fully saturated rings. The summed E-state index contributed by atoms with van der Waals surface area (Å²) in [7, 11) is 1.79. The third-order valence-electron chi connectivity index (χ3n) is 4.76. The maximum Gasteiger partial charge on any atom is 0.246 e. The highest BCUT2D eigenvalue weighted by Gasteiger charge is 2.15. The van der Waals surface area contributed by atoms with Crippen molar-refractivity contribution in [2.75, 3.05) is 7.05 Å². The number of rotatable bonds is 4. The molecule has 1 unspecified atom stereocenters. The molecule has 2 aromatic heterocycles. The Morgan fingerprint density at radius 2 is 1.81 bits per heavy atom. The lowest BCUT2D eigenvalue weighted by Crippen LogP contribution is -2.27. The maximum absolute atomic E-state index is 12.6. The van der Waals surface area contributed by atoms with Gasteiger partial charge in [-0.25, -0.2) is 0 Å². The van der Waals surface area contributed by atoms with Crippen molar-refractivity contribution in [2.45, 2.75) is 13.0 Å². The third-order valence-corrected chi connectivity index (χ3v) is 4.76. The molecule has 4 rings (SSSR count). The van der Waals surface area contributed by atoms with E-state index in [9.17, 15) is 4.79 Å². The van der Waals surface area contributed by atoms with Crippen LogP contribution in [0.2, 0.25) is 0 Å². The molecule has 0 aliphatic heterocycles. The highest BCUT2D eigenvalue weighted by molar-refractivity contribution is 5.94. The zero-order chi connectivity index (χ0) is 18.8. The molecule has 0 N–H and O–H groups in total. The van der Waals surface area contributed by atoms with E-state index in [1.54, 1.807) is 28.7 Å². The standard InChI is InChI=1S/C21H19N5O/c1-15(16-8-4-3-5-9-16)25(2)20(27)13-12-19-23-24-21-18-11-7-6-10-17(18)14-22-26(19)21/h3-15H,1-2H3. The molecular weight excluding hydrogens is 338 g/mol. The first-order valence-electron chi connectivity index (χ1n) is 8.74. The first kappa shape index (κ1) is 16.9. The van der Waals surface area contributed by atoms with E-state index in [2.05, 4.69) is 15.3 Å². The first-order valence-corrected chi connectivity index (χ1v) is 8.74. The largest absolute Gasteiger partial charge is 0.335 e. The number of fused-ring (bicyclic) bond motifs is 3. The highest BCUT2D eigenvalue weighted by atomic mass is 16.2. The second kappa shape index (κ2) is 6.99. The quantitative estimate of drug-likeness (QED) is 0.524. The summed E-state index contributed by atoms with van der Waals surface area (Å²) in [6, 6.07) is 17.8. The molecule has 0 saturated heterocycles. The first-order chi connectivity index (χ1) is 13.1. The van der Waals surface area contributed by atoms with Crippen molar-refractivity contribution in [3.05, 3.63) is 78.3 Å². The predicted octanol–water partition coefficient (Wildman–Crippen LogP) is 3.51. The van der Waals surface area contributed by atoms with E-state index in [1.807, 2.05) is 61.5 Å². The summed E-state index contributed by atoms with van der Waals surface area (Å²) in [5.41, 5.74) is 1.76. The number of hydrogen-bond donors (Lipinski definition) is 0. The van der Waals surface area contributed by atoms with E-state index >= 15 is 0 Å². The molecule has 2 aromatic carbocycles. The van der Waals surface area contributed by atoms with Crippen LogP contribution in [0.15, 0.2) is 66.9 Å². The van der Waals surface area contributed by atoms with Gasteiger partial charge < -0.3 is 4.90 Å². The molecule has 0 saturated carbocycles. The molecular formula is C21H19N5O. The number of nitrogens with zero attached hydrogens (tertiary/aromatic N) is 5. The van der Waals surface area contributed by atoms with Crippen molar-refractivity contribution in [3.8, 4) is 0 Å². The van der Waals surface area contributed by atoms with Crippen molar-refractivity contribution < 1.29 is 4.79 Å². The Bertz CT molecular complexity index is 1130. The lowest BCUT2D eigenvalue weighted by atomic mass is 10.1. The van der Waals surface area contributed by atoms with Crippen LogP contribution in [0.1, 0.15) is 24.4 Å². The molecule has 0 aliphatic carbocycles. The number of amides is 1. The van der Waals surface area contributed by atoms with Crippen molar-refractivity contribution in [2.24, 2.45) is 0 Å². The summed E-state index contributed by atoms with van der Waals surface area (Å²) >= 11 is 0. The summed E-state index contributed by atoms with van der Waals surface area (Å²) < 4.78 is 1.65. The van der Waals surface area contributed by atoms with E-state index in [1.165, 1.54) is 6.08 Å². The SMILES string of the molecule is CC(c1ccccc1)N(C)C(=O)C=Cc1nnc2c3ccccc3cnn12. The van der Waals surface area contributed by atoms with Gasteiger partial charge in [0.15, 0.2) is 11.5 Å². The molecule has 6 nitrogen and oxygen atoms in total. The molecule has 0 aliphatic rings. The summed E-state index contributed by atoms with van der Waals surface area (Å²) in [5, 5.41) is 14.8. The van der Waals surface area contributed by atoms with E-state index in [0.717, 1.165) is 16.3 Å². The number of carbonyl (C=O) groups excluding carboxylic acids is 1. The lowest BCUT2D eigenvalue weighted by Gasteiger charge is -2.24. The summed E-state index contributed by atoms with van der Waals surface area (Å²) in [6.07, 6.45) is 4.93. The fraction of sp³-hybridized carbons (Fsp3) is 0.143. The smallest absolute Gasteiger partial charge is 0.246 e. The van der Waals surface area contributed by atoms with Crippen LogP contribution in [-0.4, -0.2) is 37.7 Å². The zero-order valence-corrected chi connectivity index (χ0v) is 15.1. The fourth-order valence-corrected chi connectivity index (χ4v) is 3.02. The monoisotopic (exact) mass is 357 g/mol. The van der Waals surface area contributed by atoms with E-state index in [0.29, 0.717) is 11.5 Å². The number of likely N-dealkylation sites (N-methyl/N-ethyl adjacent to an activating group) is 1. The molecule has 0 spiro atoms. The van der Waals surface area contributed by atoms with Crippen molar-refractivity contribution in [3.63, 3.8) is 0 Å². The zero-order valence-electron chi connectivity index (χ0n) is 15.1. The van der Waals surface area contributed by atoms with E-state index in [-0.39, 0.29) is 11.9 Å². The highest BCUT2D eigenvalue weighted by Crippen LogP contribution is 2.19. The summed E-state index contributed by atoms with van der Waals surface area (Å²) in [6.45, 7) is 2.00. The lowest BCUT2D eigenvalue weighted by molar-refractivity contribution is -0.126. The number of aromatic nitrogens is 4. The molecule has 134 valence electrons. The van der Waals surface area contributed by atoms with Gasteiger partial charge in [0.2, 0.25) is 5.91 Å². The van der Waals surface area contributed by atoms with Crippen LogP contribution in [0, 0.1) is 0 Å². The van der Waals surface area contributed by atoms with E-state index in [4.69, 9.17) is 0 Å². The topological polar surface area (TPSA) is 63.4 Å². The Morgan fingerprint density at radius 3 is 2.63 bits per heavy atom. The Labute approximate surface area is 156 Å². The molecule has 27 heavy (non-hydrogen) atoms. The van der Waals surface area contributed by atoms with Gasteiger partial charge in [0.25, 0.3) is 0 Å². The maximum atomic E-state index is 12.6. The summed E-state index contributed by atoms with van der Waals surface area (Å²) in [5.74, 6) is 0.411. The summed E-state index contributed by atoms with van der Waals surface area (Å²) in [4.78, 5) is 14.3. The molecule has 2 heterocycles. The van der Waals surface area contributed by atoms with Gasteiger partial charge in [-0.1, -0.05) is 54.6 Å². The van der Waals surface area contributed by atoms with E-state index < -0.39 is 0 Å². The van der Waals surface area contributed by atoms with Crippen LogP contribution in [0.5, 0.6) is 0 Å². The number of carbonyl (C=O) groups is 1. The average Bonchev–Trinajstić information content (AvgIpc) is 3.15. The molecule has 0 bridgehead atoms. The average molecular weight is 357 g/mol. The van der Waals surface area contributed by atoms with Gasteiger partial charge in [-0.2, -0.15) is 9.61 Å². The second-order valence-corrected chi connectivity index (χ2v) is 6.39. The van der Waals surface area contributed by atoms with Gasteiger partial charge in [-0.05, 0) is 18.6 Å². The molecule has 1 atom stereocenters. The Kier molecular flexibility index (Phi) is 4.38. The fourth-order valence-electron chi connectivity index (χ4n) is 3.02. The van der Waals surface area contributed by atoms with Crippen LogP contribution in [-0.2, 0) is 4.79 Å². The third kappa shape index (κ3) is 3.17. The normalized spacial score (nSPS) is 12.7. The number of hydrogen-bond acceptors (Lipinski definition) is 4. The van der Waals surface area contributed by atoms with Crippen molar-refractivity contribution in [1.29, 1.82) is 0 Å². The van der Waals surface area contributed by atoms with Crippen molar-refractivity contribution >= 4 is 28.4 Å². The van der Waals surface area contributed by atoms with Gasteiger partial charge in [0, 0.05) is 23.9 Å². The minimum absolute atomic E-state index is 0.0273. The van der Waals surface area contributed by atoms with Gasteiger partial charge in [0.05, 0.1) is 12.2 Å². The second-order valence-electron chi connectivity index (χ2n) is 6.39. The minimum atomic E-state index is -0.108. The Balaban J connectivity index is 1.59.